The van der Waals surface area contributed by atoms with E-state index in [0.717, 1.165) is 10.2 Å². The van der Waals surface area contributed by atoms with Crippen LogP contribution in [0.1, 0.15) is 0 Å². The average Bonchev–Trinajstić information content (AvgIpc) is 2.79. The predicted octanol–water partition coefficient (Wildman–Crippen LogP) is 3.10. The van der Waals surface area contributed by atoms with E-state index in [-0.39, 0.29) is 0 Å². The number of carbonyl (C=O) groups excluding carboxylic acids is 2. The van der Waals surface area contributed by atoms with Crippen LogP contribution in [0.15, 0.2) is 24.3 Å². The number of para-hydroxylation sites is 1. The molecule has 1 atom stereocenters. The Bertz CT molecular complexity index is 584. The second-order valence-electron chi connectivity index (χ2n) is 3.55. The SMILES string of the molecule is O=C(NC(=O)C(Br)CBr)Nc1nc2ccccc2s1. The van der Waals surface area contributed by atoms with Crippen LogP contribution in [0.5, 0.6) is 0 Å². The highest BCUT2D eigenvalue weighted by atomic mass is 79.9. The number of imide groups is 1. The fourth-order valence-corrected chi connectivity index (χ4v) is 2.58. The number of nitrogens with zero attached hydrogens (tertiary/aromatic N) is 1. The number of rotatable bonds is 3. The van der Waals surface area contributed by atoms with Crippen LogP contribution < -0.4 is 10.6 Å². The van der Waals surface area contributed by atoms with Crippen molar-refractivity contribution in [3.63, 3.8) is 0 Å². The molecule has 19 heavy (non-hydrogen) atoms. The lowest BCUT2D eigenvalue weighted by atomic mass is 10.3. The zero-order valence-electron chi connectivity index (χ0n) is 9.52. The Balaban J connectivity index is 2.00. The van der Waals surface area contributed by atoms with Crippen LogP contribution in [-0.4, -0.2) is 27.1 Å². The van der Waals surface area contributed by atoms with Gasteiger partial charge in [-0.15, -0.1) is 0 Å². The average molecular weight is 407 g/mol. The lowest BCUT2D eigenvalue weighted by Gasteiger charge is -2.06. The van der Waals surface area contributed by atoms with Crippen LogP contribution >= 0.6 is 43.2 Å². The van der Waals surface area contributed by atoms with Crippen molar-refractivity contribution in [2.75, 3.05) is 10.6 Å². The summed E-state index contributed by atoms with van der Waals surface area (Å²) in [6.45, 7) is 0. The van der Waals surface area contributed by atoms with E-state index in [1.165, 1.54) is 11.3 Å². The van der Waals surface area contributed by atoms with Gasteiger partial charge in [-0.05, 0) is 12.1 Å². The van der Waals surface area contributed by atoms with E-state index >= 15 is 0 Å². The van der Waals surface area contributed by atoms with Gasteiger partial charge < -0.3 is 0 Å². The Kier molecular flexibility index (Phi) is 4.89. The molecule has 3 amide bonds. The van der Waals surface area contributed by atoms with Crippen molar-refractivity contribution in [3.05, 3.63) is 24.3 Å². The van der Waals surface area contributed by atoms with Crippen LogP contribution in [0.4, 0.5) is 9.93 Å². The van der Waals surface area contributed by atoms with Gasteiger partial charge in [0.05, 0.1) is 10.2 Å². The third kappa shape index (κ3) is 3.74. The van der Waals surface area contributed by atoms with E-state index in [9.17, 15) is 9.59 Å². The summed E-state index contributed by atoms with van der Waals surface area (Å²) in [6, 6.07) is 6.97. The number of benzene rings is 1. The molecule has 1 aromatic carbocycles. The van der Waals surface area contributed by atoms with Gasteiger partial charge in [-0.1, -0.05) is 55.3 Å². The highest BCUT2D eigenvalue weighted by Gasteiger charge is 2.16. The van der Waals surface area contributed by atoms with Gasteiger partial charge in [0.15, 0.2) is 5.13 Å². The van der Waals surface area contributed by atoms with Crippen LogP contribution in [0.25, 0.3) is 10.2 Å². The minimum absolute atomic E-state index is 0.407. The fraction of sp³-hybridized carbons (Fsp3) is 0.182. The zero-order chi connectivity index (χ0) is 13.8. The highest BCUT2D eigenvalue weighted by Crippen LogP contribution is 2.25. The molecule has 0 spiro atoms. The molecule has 1 unspecified atom stereocenters. The zero-order valence-corrected chi connectivity index (χ0v) is 13.5. The van der Waals surface area contributed by atoms with Gasteiger partial charge in [0, 0.05) is 5.33 Å². The molecular weight excluding hydrogens is 398 g/mol. The Morgan fingerprint density at radius 2 is 2.11 bits per heavy atom. The summed E-state index contributed by atoms with van der Waals surface area (Å²) in [5, 5.41) is 5.64. The van der Waals surface area contributed by atoms with Crippen molar-refractivity contribution in [2.24, 2.45) is 0 Å². The first-order valence-electron chi connectivity index (χ1n) is 5.27. The molecule has 0 radical (unpaired) electrons. The van der Waals surface area contributed by atoms with E-state index in [1.54, 1.807) is 0 Å². The minimum atomic E-state index is -0.588. The molecule has 0 aliphatic carbocycles. The number of alkyl halides is 2. The molecule has 2 rings (SSSR count). The van der Waals surface area contributed by atoms with Crippen LogP contribution in [0.2, 0.25) is 0 Å². The number of nitrogens with one attached hydrogen (secondary N) is 2. The Hall–Kier alpha value is -0.990. The molecule has 2 aromatic rings. The molecule has 0 saturated carbocycles. The second kappa shape index (κ2) is 6.44. The van der Waals surface area contributed by atoms with E-state index < -0.39 is 16.8 Å². The van der Waals surface area contributed by atoms with Gasteiger partial charge in [0.1, 0.15) is 4.83 Å². The molecule has 0 fully saturated rings. The predicted molar refractivity (Wildman–Crippen MR) is 83.3 cm³/mol. The fourth-order valence-electron chi connectivity index (χ4n) is 1.31. The van der Waals surface area contributed by atoms with E-state index in [2.05, 4.69) is 47.5 Å². The van der Waals surface area contributed by atoms with Crippen LogP contribution in [0.3, 0.4) is 0 Å². The van der Waals surface area contributed by atoms with Gasteiger partial charge in [-0.25, -0.2) is 9.78 Å². The number of amides is 3. The monoisotopic (exact) mass is 405 g/mol. The third-order valence-electron chi connectivity index (χ3n) is 2.17. The van der Waals surface area contributed by atoms with Gasteiger partial charge in [0.2, 0.25) is 5.91 Å². The first-order valence-corrected chi connectivity index (χ1v) is 8.13. The quantitative estimate of drug-likeness (QED) is 0.769. The topological polar surface area (TPSA) is 71.1 Å². The summed E-state index contributed by atoms with van der Waals surface area (Å²) in [7, 11) is 0. The first-order chi connectivity index (χ1) is 9.10. The molecule has 0 aliphatic rings. The molecule has 0 saturated heterocycles. The molecule has 5 nitrogen and oxygen atoms in total. The number of hydrogen-bond acceptors (Lipinski definition) is 4. The maximum Gasteiger partial charge on any atom is 0.327 e. The summed E-state index contributed by atoms with van der Waals surface area (Å²) in [4.78, 5) is 26.9. The smallest absolute Gasteiger partial charge is 0.283 e. The van der Waals surface area contributed by atoms with Gasteiger partial charge in [-0.2, -0.15) is 0 Å². The Morgan fingerprint density at radius 1 is 1.37 bits per heavy atom. The lowest BCUT2D eigenvalue weighted by Crippen LogP contribution is -2.39. The molecule has 8 heteroatoms. The van der Waals surface area contributed by atoms with Gasteiger partial charge >= 0.3 is 6.03 Å². The summed E-state index contributed by atoms with van der Waals surface area (Å²) in [5.74, 6) is -0.407. The maximum atomic E-state index is 11.6. The van der Waals surface area contributed by atoms with E-state index in [1.807, 2.05) is 24.3 Å². The molecule has 1 aromatic heterocycles. The van der Waals surface area contributed by atoms with Crippen LogP contribution in [0, 0.1) is 0 Å². The summed E-state index contributed by atoms with van der Waals surface area (Å²) in [6.07, 6.45) is 0. The molecule has 1 heterocycles. The number of fused-ring (bicyclic) bond motifs is 1. The summed E-state index contributed by atoms with van der Waals surface area (Å²) in [5.41, 5.74) is 0.813. The molecule has 0 aliphatic heterocycles. The lowest BCUT2D eigenvalue weighted by molar-refractivity contribution is -0.118. The van der Waals surface area contributed by atoms with Crippen LogP contribution in [-0.2, 0) is 4.79 Å². The normalized spacial score (nSPS) is 12.1. The van der Waals surface area contributed by atoms with Gasteiger partial charge in [-0.3, -0.25) is 15.4 Å². The molecule has 0 bridgehead atoms. The molecular formula is C11H9Br2N3O2S. The van der Waals surface area contributed by atoms with E-state index in [0.29, 0.717) is 10.5 Å². The molecule has 2 N–H and O–H groups in total. The largest absolute Gasteiger partial charge is 0.327 e. The van der Waals surface area contributed by atoms with Crippen molar-refractivity contribution >= 4 is 70.5 Å². The molecule has 100 valence electrons. The first kappa shape index (κ1) is 14.4. The van der Waals surface area contributed by atoms with Crippen molar-refractivity contribution in [1.82, 2.24) is 10.3 Å². The van der Waals surface area contributed by atoms with Crippen molar-refractivity contribution in [3.8, 4) is 0 Å². The number of halogens is 2. The number of anilines is 1. The Morgan fingerprint density at radius 3 is 2.79 bits per heavy atom. The maximum absolute atomic E-state index is 11.6. The van der Waals surface area contributed by atoms with E-state index in [4.69, 9.17) is 0 Å². The van der Waals surface area contributed by atoms with Crippen molar-refractivity contribution in [1.29, 1.82) is 0 Å². The number of hydrogen-bond donors (Lipinski definition) is 2. The third-order valence-corrected chi connectivity index (χ3v) is 5.38. The second-order valence-corrected chi connectivity index (χ2v) is 6.34. The van der Waals surface area contributed by atoms with Crippen molar-refractivity contribution in [2.45, 2.75) is 4.83 Å². The number of aromatic nitrogens is 1. The Labute approximate surface area is 130 Å². The van der Waals surface area contributed by atoms with Crippen molar-refractivity contribution < 1.29 is 9.59 Å². The minimum Gasteiger partial charge on any atom is -0.283 e. The highest BCUT2D eigenvalue weighted by molar-refractivity contribution is 9.12. The summed E-state index contributed by atoms with van der Waals surface area (Å²) >= 11 is 7.63. The number of urea groups is 1. The van der Waals surface area contributed by atoms with Gasteiger partial charge in [0.25, 0.3) is 0 Å². The summed E-state index contributed by atoms with van der Waals surface area (Å²) < 4.78 is 0.975. The number of thiazole rings is 1. The standard InChI is InChI=1S/C11H9Br2N3O2S/c12-5-6(13)9(17)15-10(18)16-11-14-7-3-1-2-4-8(7)19-11/h1-4,6H,5H2,(H2,14,15,16,17,18). The number of carbonyl (C=O) groups is 2.